The van der Waals surface area contributed by atoms with E-state index >= 15 is 0 Å². The fourth-order valence-corrected chi connectivity index (χ4v) is 1.69. The molecular weight excluding hydrogens is 204 g/mol. The minimum Gasteiger partial charge on any atom is -0.479 e. The van der Waals surface area contributed by atoms with Crippen molar-refractivity contribution in [2.45, 2.75) is 39.7 Å². The summed E-state index contributed by atoms with van der Waals surface area (Å²) in [7, 11) is 0. The van der Waals surface area contributed by atoms with Gasteiger partial charge in [0.25, 0.3) is 0 Å². The van der Waals surface area contributed by atoms with Gasteiger partial charge in [0.15, 0.2) is 6.10 Å². The summed E-state index contributed by atoms with van der Waals surface area (Å²) in [5.74, 6) is -0.162. The van der Waals surface area contributed by atoms with E-state index in [9.17, 15) is 4.79 Å². The molecule has 0 spiro atoms. The van der Waals surface area contributed by atoms with Gasteiger partial charge in [0.1, 0.15) is 5.75 Å². The average Bonchev–Trinajstić information content (AvgIpc) is 2.30. The van der Waals surface area contributed by atoms with Crippen LogP contribution in [0.4, 0.5) is 0 Å². The number of ether oxygens (including phenoxy) is 1. The molecule has 1 aliphatic rings. The van der Waals surface area contributed by atoms with Gasteiger partial charge in [0.05, 0.1) is 0 Å². The quantitative estimate of drug-likeness (QED) is 0.794. The highest BCUT2D eigenvalue weighted by Crippen LogP contribution is 2.28. The first-order valence-corrected chi connectivity index (χ1v) is 5.66. The first kappa shape index (κ1) is 12.6. The molecule has 1 N–H and O–H groups in total. The summed E-state index contributed by atoms with van der Waals surface area (Å²) in [4.78, 5) is 10.7. The van der Waals surface area contributed by atoms with Crippen LogP contribution in [0.2, 0.25) is 0 Å². The highest BCUT2D eigenvalue weighted by atomic mass is 16.5. The van der Waals surface area contributed by atoms with Crippen LogP contribution in [0.3, 0.4) is 0 Å². The van der Waals surface area contributed by atoms with Crippen molar-refractivity contribution in [3.63, 3.8) is 0 Å². The Balaban J connectivity index is 0.000000606. The SMILES string of the molecule is CC.Cc1ccc2c(c1)CCC(C(=O)O)O2. The number of carbonyl (C=O) groups is 1. The molecule has 0 amide bonds. The van der Waals surface area contributed by atoms with Crippen molar-refractivity contribution < 1.29 is 14.6 Å². The molecule has 0 fully saturated rings. The van der Waals surface area contributed by atoms with E-state index in [0.29, 0.717) is 12.2 Å². The maximum atomic E-state index is 10.7. The number of benzene rings is 1. The Bertz CT molecular complexity index is 371. The van der Waals surface area contributed by atoms with Gasteiger partial charge >= 0.3 is 5.97 Å². The monoisotopic (exact) mass is 222 g/mol. The zero-order valence-electron chi connectivity index (χ0n) is 9.99. The van der Waals surface area contributed by atoms with E-state index < -0.39 is 12.1 Å². The number of aryl methyl sites for hydroxylation is 2. The van der Waals surface area contributed by atoms with Gasteiger partial charge in [-0.2, -0.15) is 0 Å². The fourth-order valence-electron chi connectivity index (χ4n) is 1.69. The minimum absolute atomic E-state index is 0.561. The van der Waals surface area contributed by atoms with E-state index in [0.717, 1.165) is 12.0 Å². The van der Waals surface area contributed by atoms with Crippen molar-refractivity contribution >= 4 is 5.97 Å². The van der Waals surface area contributed by atoms with Gasteiger partial charge in [-0.25, -0.2) is 4.79 Å². The lowest BCUT2D eigenvalue weighted by atomic mass is 10.0. The molecule has 0 saturated carbocycles. The molecule has 0 radical (unpaired) electrons. The van der Waals surface area contributed by atoms with Gasteiger partial charge in [0, 0.05) is 0 Å². The maximum Gasteiger partial charge on any atom is 0.344 e. The Morgan fingerprint density at radius 1 is 1.44 bits per heavy atom. The molecule has 1 unspecified atom stereocenters. The number of hydrogen-bond acceptors (Lipinski definition) is 2. The van der Waals surface area contributed by atoms with Crippen molar-refractivity contribution in [3.8, 4) is 5.75 Å². The summed E-state index contributed by atoms with van der Waals surface area (Å²) < 4.78 is 5.35. The molecule has 1 aliphatic heterocycles. The van der Waals surface area contributed by atoms with E-state index in [1.807, 2.05) is 39.0 Å². The lowest BCUT2D eigenvalue weighted by Crippen LogP contribution is -2.30. The Labute approximate surface area is 96.1 Å². The summed E-state index contributed by atoms with van der Waals surface area (Å²) >= 11 is 0. The highest BCUT2D eigenvalue weighted by Gasteiger charge is 2.25. The Kier molecular flexibility index (Phi) is 4.35. The van der Waals surface area contributed by atoms with E-state index in [2.05, 4.69) is 0 Å². The molecule has 1 atom stereocenters. The second-order valence-corrected chi connectivity index (χ2v) is 3.59. The molecule has 0 aromatic heterocycles. The summed E-state index contributed by atoms with van der Waals surface area (Å²) in [6.45, 7) is 6.02. The van der Waals surface area contributed by atoms with Gasteiger partial charge in [-0.1, -0.05) is 31.5 Å². The molecule has 1 aromatic rings. The van der Waals surface area contributed by atoms with E-state index in [4.69, 9.17) is 9.84 Å². The van der Waals surface area contributed by atoms with Crippen molar-refractivity contribution in [2.24, 2.45) is 0 Å². The summed E-state index contributed by atoms with van der Waals surface area (Å²) in [6.07, 6.45) is 0.671. The molecular formula is C13H18O3. The first-order valence-electron chi connectivity index (χ1n) is 5.66. The second-order valence-electron chi connectivity index (χ2n) is 3.59. The number of carboxylic acids is 1. The molecule has 2 rings (SSSR count). The topological polar surface area (TPSA) is 46.5 Å². The van der Waals surface area contributed by atoms with Crippen LogP contribution in [0.15, 0.2) is 18.2 Å². The second kappa shape index (κ2) is 5.54. The molecule has 1 heterocycles. The molecule has 0 aliphatic carbocycles. The zero-order valence-corrected chi connectivity index (χ0v) is 9.99. The van der Waals surface area contributed by atoms with Crippen LogP contribution in [-0.2, 0) is 11.2 Å². The Morgan fingerprint density at radius 3 is 2.75 bits per heavy atom. The lowest BCUT2D eigenvalue weighted by Gasteiger charge is -2.23. The number of fused-ring (bicyclic) bond motifs is 1. The zero-order chi connectivity index (χ0) is 12.1. The van der Waals surface area contributed by atoms with Crippen molar-refractivity contribution in [1.82, 2.24) is 0 Å². The smallest absolute Gasteiger partial charge is 0.344 e. The van der Waals surface area contributed by atoms with Gasteiger partial charge < -0.3 is 9.84 Å². The van der Waals surface area contributed by atoms with Crippen molar-refractivity contribution in [3.05, 3.63) is 29.3 Å². The fraction of sp³-hybridized carbons (Fsp3) is 0.462. The first-order chi connectivity index (χ1) is 7.66. The molecule has 0 saturated heterocycles. The van der Waals surface area contributed by atoms with Crippen molar-refractivity contribution in [1.29, 1.82) is 0 Å². The predicted octanol–water partition coefficient (Wildman–Crippen LogP) is 2.80. The maximum absolute atomic E-state index is 10.7. The third-order valence-electron chi connectivity index (χ3n) is 2.44. The van der Waals surface area contributed by atoms with Gasteiger partial charge in [-0.3, -0.25) is 0 Å². The molecule has 3 heteroatoms. The minimum atomic E-state index is -0.878. The summed E-state index contributed by atoms with van der Waals surface area (Å²) in [5.41, 5.74) is 2.30. The Morgan fingerprint density at radius 2 is 2.12 bits per heavy atom. The van der Waals surface area contributed by atoms with E-state index in [1.54, 1.807) is 0 Å². The molecule has 1 aromatic carbocycles. The van der Waals surface area contributed by atoms with Crippen LogP contribution in [0.5, 0.6) is 5.75 Å². The average molecular weight is 222 g/mol. The van der Waals surface area contributed by atoms with Gasteiger partial charge in [-0.05, 0) is 31.4 Å². The third kappa shape index (κ3) is 2.75. The third-order valence-corrected chi connectivity index (χ3v) is 2.44. The van der Waals surface area contributed by atoms with Crippen LogP contribution in [-0.4, -0.2) is 17.2 Å². The predicted molar refractivity (Wildman–Crippen MR) is 62.9 cm³/mol. The summed E-state index contributed by atoms with van der Waals surface area (Å²) in [6, 6.07) is 5.83. The molecule has 16 heavy (non-hydrogen) atoms. The van der Waals surface area contributed by atoms with Crippen LogP contribution < -0.4 is 4.74 Å². The molecule has 3 nitrogen and oxygen atoms in total. The van der Waals surface area contributed by atoms with E-state index in [1.165, 1.54) is 5.56 Å². The van der Waals surface area contributed by atoms with Crippen LogP contribution in [0, 0.1) is 6.92 Å². The normalized spacial score (nSPS) is 17.6. The Hall–Kier alpha value is -1.51. The number of aliphatic carboxylic acids is 1. The van der Waals surface area contributed by atoms with Crippen LogP contribution in [0.1, 0.15) is 31.4 Å². The van der Waals surface area contributed by atoms with Crippen molar-refractivity contribution in [2.75, 3.05) is 0 Å². The molecule has 0 bridgehead atoms. The summed E-state index contributed by atoms with van der Waals surface area (Å²) in [5, 5.41) is 8.79. The van der Waals surface area contributed by atoms with Gasteiger partial charge in [-0.15, -0.1) is 0 Å². The molecule has 88 valence electrons. The number of hydrogen-bond donors (Lipinski definition) is 1. The number of carboxylic acid groups (broad SMARTS) is 1. The van der Waals surface area contributed by atoms with Crippen LogP contribution in [0.25, 0.3) is 0 Å². The lowest BCUT2D eigenvalue weighted by molar-refractivity contribution is -0.145. The number of rotatable bonds is 1. The standard InChI is InChI=1S/C11H12O3.C2H6/c1-7-2-4-9-8(6-7)3-5-10(14-9)11(12)13;1-2/h2,4,6,10H,3,5H2,1H3,(H,12,13);1-2H3. The largest absolute Gasteiger partial charge is 0.479 e. The highest BCUT2D eigenvalue weighted by molar-refractivity contribution is 5.73. The van der Waals surface area contributed by atoms with Crippen LogP contribution >= 0.6 is 0 Å². The van der Waals surface area contributed by atoms with E-state index in [-0.39, 0.29) is 0 Å². The van der Waals surface area contributed by atoms with Gasteiger partial charge in [0.2, 0.25) is 0 Å².